The molecule has 1 aromatic rings. The lowest BCUT2D eigenvalue weighted by atomic mass is 10.0. The van der Waals surface area contributed by atoms with Gasteiger partial charge in [-0.05, 0) is 54.2 Å². The number of carbonyl (C=O) groups excluding carboxylic acids is 2. The van der Waals surface area contributed by atoms with Gasteiger partial charge in [-0.15, -0.1) is 0 Å². The number of nitro benzene ring substituents is 1. The number of rotatable bonds is 4. The summed E-state index contributed by atoms with van der Waals surface area (Å²) in [7, 11) is 0. The zero-order valence-corrected chi connectivity index (χ0v) is 14.2. The van der Waals surface area contributed by atoms with Crippen molar-refractivity contribution in [1.29, 1.82) is 0 Å². The quantitative estimate of drug-likeness (QED) is 0.452. The normalized spacial score (nSPS) is 17.7. The number of carbonyl (C=O) groups is 2. The fraction of sp³-hybridized carbons (Fsp3) is 0.467. The van der Waals surface area contributed by atoms with E-state index in [1.807, 2.05) is 6.92 Å². The first-order valence-electron chi connectivity index (χ1n) is 7.30. The highest BCUT2D eigenvalue weighted by Gasteiger charge is 2.24. The number of benzene rings is 1. The first-order chi connectivity index (χ1) is 10.9. The van der Waals surface area contributed by atoms with Gasteiger partial charge in [0.1, 0.15) is 0 Å². The van der Waals surface area contributed by atoms with E-state index in [2.05, 4.69) is 15.9 Å². The molecule has 0 bridgehead atoms. The van der Waals surface area contributed by atoms with Gasteiger partial charge in [-0.2, -0.15) is 0 Å². The van der Waals surface area contributed by atoms with Crippen molar-refractivity contribution in [2.75, 3.05) is 13.2 Å². The van der Waals surface area contributed by atoms with Crippen LogP contribution in [0.25, 0.3) is 0 Å². The number of halogens is 1. The summed E-state index contributed by atoms with van der Waals surface area (Å²) in [5.74, 6) is -0.990. The molecule has 0 aromatic heterocycles. The Kier molecular flexibility index (Phi) is 5.70. The second-order valence-electron chi connectivity index (χ2n) is 5.43. The predicted molar refractivity (Wildman–Crippen MR) is 86.1 cm³/mol. The van der Waals surface area contributed by atoms with E-state index in [9.17, 15) is 19.7 Å². The van der Waals surface area contributed by atoms with Crippen LogP contribution < -0.4 is 0 Å². The Hall–Kier alpha value is -1.96. The van der Waals surface area contributed by atoms with Gasteiger partial charge in [-0.3, -0.25) is 14.9 Å². The average molecular weight is 385 g/mol. The maximum absolute atomic E-state index is 12.1. The number of ether oxygens (including phenoxy) is 1. The molecule has 1 fully saturated rings. The summed E-state index contributed by atoms with van der Waals surface area (Å²) in [6.45, 7) is 2.28. The second-order valence-corrected chi connectivity index (χ2v) is 6.29. The summed E-state index contributed by atoms with van der Waals surface area (Å²) in [6.07, 6.45) is 2.98. The second kappa shape index (κ2) is 7.54. The summed E-state index contributed by atoms with van der Waals surface area (Å²) >= 11 is 3.05. The number of hydrogen-bond donors (Lipinski definition) is 0. The van der Waals surface area contributed by atoms with Crippen LogP contribution in [0.5, 0.6) is 0 Å². The summed E-state index contributed by atoms with van der Waals surface area (Å²) in [4.78, 5) is 36.1. The van der Waals surface area contributed by atoms with Gasteiger partial charge in [0.05, 0.1) is 15.0 Å². The number of nitrogens with zero attached hydrogens (tertiary/aromatic N) is 2. The van der Waals surface area contributed by atoms with Crippen LogP contribution in [0.15, 0.2) is 22.7 Å². The maximum atomic E-state index is 12.1. The Morgan fingerprint density at radius 3 is 2.83 bits per heavy atom. The van der Waals surface area contributed by atoms with Crippen LogP contribution in [0.4, 0.5) is 5.69 Å². The Labute approximate surface area is 141 Å². The summed E-state index contributed by atoms with van der Waals surface area (Å²) in [6, 6.07) is 4.08. The Morgan fingerprint density at radius 2 is 2.17 bits per heavy atom. The van der Waals surface area contributed by atoms with Gasteiger partial charge in [0.25, 0.3) is 11.6 Å². The Morgan fingerprint density at radius 1 is 1.43 bits per heavy atom. The van der Waals surface area contributed by atoms with E-state index in [1.54, 1.807) is 4.90 Å². The molecule has 0 aliphatic carbocycles. The minimum absolute atomic E-state index is 0.0411. The van der Waals surface area contributed by atoms with E-state index in [4.69, 9.17) is 4.74 Å². The van der Waals surface area contributed by atoms with Gasteiger partial charge in [-0.25, -0.2) is 4.79 Å². The number of likely N-dealkylation sites (tertiary alicyclic amines) is 1. The van der Waals surface area contributed by atoms with Crippen molar-refractivity contribution in [3.8, 4) is 0 Å². The van der Waals surface area contributed by atoms with E-state index in [0.29, 0.717) is 6.54 Å². The van der Waals surface area contributed by atoms with Crippen molar-refractivity contribution in [2.24, 2.45) is 0 Å². The summed E-state index contributed by atoms with van der Waals surface area (Å²) < 4.78 is 5.27. The van der Waals surface area contributed by atoms with Crippen LogP contribution in [0, 0.1) is 10.1 Å². The smallest absolute Gasteiger partial charge is 0.338 e. The van der Waals surface area contributed by atoms with E-state index in [-0.39, 0.29) is 34.3 Å². The predicted octanol–water partition coefficient (Wildman–Crippen LogP) is 2.92. The maximum Gasteiger partial charge on any atom is 0.338 e. The molecule has 1 amide bonds. The Bertz CT molecular complexity index is 634. The lowest BCUT2D eigenvalue weighted by molar-refractivity contribution is -0.385. The third-order valence-corrected chi connectivity index (χ3v) is 4.50. The molecule has 1 saturated heterocycles. The molecule has 1 aliphatic rings. The van der Waals surface area contributed by atoms with E-state index >= 15 is 0 Å². The van der Waals surface area contributed by atoms with E-state index in [0.717, 1.165) is 25.3 Å². The van der Waals surface area contributed by atoms with Crippen molar-refractivity contribution < 1.29 is 19.2 Å². The molecule has 2 rings (SSSR count). The van der Waals surface area contributed by atoms with Gasteiger partial charge >= 0.3 is 5.97 Å². The molecule has 1 aliphatic heterocycles. The zero-order valence-electron chi connectivity index (χ0n) is 12.7. The largest absolute Gasteiger partial charge is 0.452 e. The topological polar surface area (TPSA) is 89.8 Å². The third kappa shape index (κ3) is 4.28. The van der Waals surface area contributed by atoms with E-state index < -0.39 is 10.9 Å². The SMILES string of the molecule is C[C@@H]1CCCCN1C(=O)COC(=O)c1ccc(Br)c([N+](=O)[O-])c1. The highest BCUT2D eigenvalue weighted by atomic mass is 79.9. The Balaban J connectivity index is 1.98. The summed E-state index contributed by atoms with van der Waals surface area (Å²) in [5.41, 5.74) is -0.185. The van der Waals surface area contributed by atoms with Crippen LogP contribution in [0.1, 0.15) is 36.5 Å². The molecule has 23 heavy (non-hydrogen) atoms. The fourth-order valence-electron chi connectivity index (χ4n) is 2.54. The zero-order chi connectivity index (χ0) is 17.0. The van der Waals surface area contributed by atoms with Gasteiger partial charge in [0.15, 0.2) is 6.61 Å². The molecule has 0 unspecified atom stereocenters. The van der Waals surface area contributed by atoms with Crippen molar-refractivity contribution in [3.63, 3.8) is 0 Å². The van der Waals surface area contributed by atoms with Crippen LogP contribution in [0.2, 0.25) is 0 Å². The van der Waals surface area contributed by atoms with Gasteiger partial charge < -0.3 is 9.64 Å². The average Bonchev–Trinajstić information content (AvgIpc) is 2.52. The standard InChI is InChI=1S/C15H17BrN2O5/c1-10-4-2-3-7-17(10)14(19)9-23-15(20)11-5-6-12(16)13(8-11)18(21)22/h5-6,8,10H,2-4,7,9H2,1H3/t10-/m1/s1. The van der Waals surface area contributed by atoms with Crippen LogP contribution in [-0.2, 0) is 9.53 Å². The highest BCUT2D eigenvalue weighted by Crippen LogP contribution is 2.26. The molecule has 0 spiro atoms. The van der Waals surface area contributed by atoms with Gasteiger partial charge in [0, 0.05) is 18.7 Å². The van der Waals surface area contributed by atoms with Crippen molar-refractivity contribution >= 4 is 33.5 Å². The van der Waals surface area contributed by atoms with Crippen molar-refractivity contribution in [2.45, 2.75) is 32.2 Å². The number of nitro groups is 1. The molecule has 1 atom stereocenters. The number of amides is 1. The third-order valence-electron chi connectivity index (χ3n) is 3.83. The van der Waals surface area contributed by atoms with Gasteiger partial charge in [0.2, 0.25) is 0 Å². The summed E-state index contributed by atoms with van der Waals surface area (Å²) in [5, 5.41) is 10.9. The minimum Gasteiger partial charge on any atom is -0.452 e. The lowest BCUT2D eigenvalue weighted by Gasteiger charge is -2.33. The minimum atomic E-state index is -0.751. The van der Waals surface area contributed by atoms with Crippen LogP contribution in [0.3, 0.4) is 0 Å². The van der Waals surface area contributed by atoms with Crippen LogP contribution >= 0.6 is 15.9 Å². The molecule has 1 heterocycles. The molecule has 7 nitrogen and oxygen atoms in total. The first kappa shape index (κ1) is 17.4. The highest BCUT2D eigenvalue weighted by molar-refractivity contribution is 9.10. The first-order valence-corrected chi connectivity index (χ1v) is 8.10. The molecule has 8 heteroatoms. The number of piperidine rings is 1. The number of esters is 1. The number of hydrogen-bond acceptors (Lipinski definition) is 5. The molecular weight excluding hydrogens is 368 g/mol. The van der Waals surface area contributed by atoms with E-state index in [1.165, 1.54) is 12.1 Å². The monoisotopic (exact) mass is 384 g/mol. The fourth-order valence-corrected chi connectivity index (χ4v) is 2.93. The molecule has 0 saturated carbocycles. The molecular formula is C15H17BrN2O5. The lowest BCUT2D eigenvalue weighted by Crippen LogP contribution is -2.44. The molecule has 0 radical (unpaired) electrons. The van der Waals surface area contributed by atoms with Gasteiger partial charge in [-0.1, -0.05) is 0 Å². The molecule has 1 aromatic carbocycles. The van der Waals surface area contributed by atoms with Crippen LogP contribution in [-0.4, -0.2) is 40.9 Å². The van der Waals surface area contributed by atoms with Crippen molar-refractivity contribution in [3.05, 3.63) is 38.3 Å². The molecule has 124 valence electrons. The van der Waals surface area contributed by atoms with Crippen molar-refractivity contribution in [1.82, 2.24) is 4.90 Å². The molecule has 0 N–H and O–H groups in total.